The second kappa shape index (κ2) is 10.2. The summed E-state index contributed by atoms with van der Waals surface area (Å²) in [5.41, 5.74) is 3.80. The summed E-state index contributed by atoms with van der Waals surface area (Å²) in [5, 5.41) is 5.52. The van der Waals surface area contributed by atoms with E-state index in [2.05, 4.69) is 10.6 Å². The molecule has 3 rings (SSSR count). The van der Waals surface area contributed by atoms with Crippen LogP contribution in [-0.4, -0.2) is 24.4 Å². The van der Waals surface area contributed by atoms with Crippen LogP contribution in [0, 0.1) is 0 Å². The number of hydrogen-bond acceptors (Lipinski definition) is 4. The highest BCUT2D eigenvalue weighted by atomic mass is 16.5. The number of ether oxygens (including phenoxy) is 1. The van der Waals surface area contributed by atoms with Crippen molar-refractivity contribution < 1.29 is 19.1 Å². The smallest absolute Gasteiger partial charge is 0.340 e. The number of carbonyl (C=O) groups excluding carboxylic acids is 3. The molecule has 0 heterocycles. The third kappa shape index (κ3) is 5.79. The van der Waals surface area contributed by atoms with Gasteiger partial charge in [-0.25, -0.2) is 4.79 Å². The quantitative estimate of drug-likeness (QED) is 0.559. The maximum atomic E-state index is 12.7. The Bertz CT molecular complexity index is 1080. The normalized spacial score (nSPS) is 10.3. The Morgan fingerprint density at radius 3 is 2.23 bits per heavy atom. The molecular weight excluding hydrogens is 392 g/mol. The molecule has 0 aromatic heterocycles. The summed E-state index contributed by atoms with van der Waals surface area (Å²) in [4.78, 5) is 36.3. The van der Waals surface area contributed by atoms with Gasteiger partial charge in [-0.2, -0.15) is 0 Å². The minimum Gasteiger partial charge on any atom is -0.462 e. The highest BCUT2D eigenvalue weighted by Gasteiger charge is 2.17. The van der Waals surface area contributed by atoms with Gasteiger partial charge in [0.25, 0.3) is 5.91 Å². The summed E-state index contributed by atoms with van der Waals surface area (Å²) in [6.07, 6.45) is 0. The predicted octanol–water partition coefficient (Wildman–Crippen LogP) is 4.42. The van der Waals surface area contributed by atoms with Crippen LogP contribution in [0.4, 0.5) is 5.69 Å². The zero-order valence-corrected chi connectivity index (χ0v) is 17.5. The maximum Gasteiger partial charge on any atom is 0.340 e. The van der Waals surface area contributed by atoms with Crippen LogP contribution >= 0.6 is 0 Å². The average molecular weight is 416 g/mol. The first-order valence-electron chi connectivity index (χ1n) is 9.99. The van der Waals surface area contributed by atoms with Crippen LogP contribution in [-0.2, 0) is 16.1 Å². The fraction of sp³-hybridized carbons (Fsp3) is 0.160. The Kier molecular flexibility index (Phi) is 7.17. The van der Waals surface area contributed by atoms with E-state index in [-0.39, 0.29) is 18.4 Å². The van der Waals surface area contributed by atoms with Crippen molar-refractivity contribution in [2.45, 2.75) is 20.4 Å². The molecule has 2 N–H and O–H groups in total. The van der Waals surface area contributed by atoms with Crippen LogP contribution in [0.5, 0.6) is 0 Å². The first kappa shape index (κ1) is 21.8. The Labute approximate surface area is 181 Å². The van der Waals surface area contributed by atoms with Gasteiger partial charge in [0.1, 0.15) is 0 Å². The lowest BCUT2D eigenvalue weighted by molar-refractivity contribution is -0.119. The van der Waals surface area contributed by atoms with Crippen molar-refractivity contribution in [1.29, 1.82) is 0 Å². The van der Waals surface area contributed by atoms with Gasteiger partial charge < -0.3 is 15.4 Å². The van der Waals surface area contributed by atoms with Crippen molar-refractivity contribution in [3.05, 3.63) is 89.5 Å². The summed E-state index contributed by atoms with van der Waals surface area (Å²) in [6.45, 7) is 3.81. The van der Waals surface area contributed by atoms with E-state index in [1.807, 2.05) is 36.4 Å². The topological polar surface area (TPSA) is 84.5 Å². The summed E-state index contributed by atoms with van der Waals surface area (Å²) in [5.74, 6) is -0.961. The molecular formula is C25H24N2O4. The molecule has 3 aromatic rings. The largest absolute Gasteiger partial charge is 0.462 e. The molecule has 0 aliphatic carbocycles. The lowest BCUT2D eigenvalue weighted by atomic mass is 10.0. The zero-order chi connectivity index (χ0) is 22.2. The van der Waals surface area contributed by atoms with Gasteiger partial charge in [0, 0.05) is 19.0 Å². The fourth-order valence-corrected chi connectivity index (χ4v) is 3.04. The van der Waals surface area contributed by atoms with Gasteiger partial charge in [0.2, 0.25) is 5.91 Å². The van der Waals surface area contributed by atoms with Crippen molar-refractivity contribution in [2.24, 2.45) is 0 Å². The Morgan fingerprint density at radius 1 is 0.871 bits per heavy atom. The zero-order valence-electron chi connectivity index (χ0n) is 17.5. The number of rotatable bonds is 7. The third-order valence-corrected chi connectivity index (χ3v) is 4.63. The molecule has 2 amide bonds. The van der Waals surface area contributed by atoms with E-state index >= 15 is 0 Å². The molecule has 0 saturated carbocycles. The van der Waals surface area contributed by atoms with E-state index < -0.39 is 5.97 Å². The van der Waals surface area contributed by atoms with Gasteiger partial charge in [-0.1, -0.05) is 48.5 Å². The van der Waals surface area contributed by atoms with Gasteiger partial charge in [-0.05, 0) is 47.9 Å². The van der Waals surface area contributed by atoms with Crippen molar-refractivity contribution >= 4 is 23.5 Å². The molecule has 6 nitrogen and oxygen atoms in total. The van der Waals surface area contributed by atoms with Crippen molar-refractivity contribution in [3.8, 4) is 11.1 Å². The lowest BCUT2D eigenvalue weighted by Crippen LogP contribution is -2.19. The minimum atomic E-state index is -0.499. The number of esters is 1. The summed E-state index contributed by atoms with van der Waals surface area (Å²) >= 11 is 0. The van der Waals surface area contributed by atoms with Gasteiger partial charge in [0.05, 0.1) is 17.9 Å². The highest BCUT2D eigenvalue weighted by Crippen LogP contribution is 2.26. The SMILES string of the molecule is CCOC(=O)c1cc(-c2ccccc2)ccc1NC(=O)c1ccc(CNC(C)=O)cc1. The molecule has 0 spiro atoms. The maximum absolute atomic E-state index is 12.7. The van der Waals surface area contributed by atoms with E-state index in [9.17, 15) is 14.4 Å². The van der Waals surface area contributed by atoms with Crippen molar-refractivity contribution in [2.75, 3.05) is 11.9 Å². The number of carbonyl (C=O) groups is 3. The molecule has 0 unspecified atom stereocenters. The summed E-state index contributed by atoms with van der Waals surface area (Å²) in [7, 11) is 0. The molecule has 31 heavy (non-hydrogen) atoms. The molecule has 158 valence electrons. The number of amides is 2. The summed E-state index contributed by atoms with van der Waals surface area (Å²) < 4.78 is 5.18. The van der Waals surface area contributed by atoms with Gasteiger partial charge in [-0.3, -0.25) is 9.59 Å². The number of anilines is 1. The van der Waals surface area contributed by atoms with Crippen LogP contribution in [0.3, 0.4) is 0 Å². The molecule has 6 heteroatoms. The summed E-state index contributed by atoms with van der Waals surface area (Å²) in [6, 6.07) is 21.8. The molecule has 0 radical (unpaired) electrons. The van der Waals surface area contributed by atoms with Gasteiger partial charge >= 0.3 is 5.97 Å². The molecule has 0 saturated heterocycles. The van der Waals surface area contributed by atoms with E-state index in [0.29, 0.717) is 23.4 Å². The Balaban J connectivity index is 1.83. The molecule has 0 bridgehead atoms. The first-order valence-corrected chi connectivity index (χ1v) is 9.99. The second-order valence-electron chi connectivity index (χ2n) is 6.91. The Hall–Kier alpha value is -3.93. The molecule has 0 atom stereocenters. The standard InChI is InChI=1S/C25H24N2O4/c1-3-31-25(30)22-15-21(19-7-5-4-6-8-19)13-14-23(22)27-24(29)20-11-9-18(10-12-20)16-26-17(2)28/h4-15H,3,16H2,1-2H3,(H,26,28)(H,27,29). The van der Waals surface area contributed by atoms with Crippen LogP contribution in [0.1, 0.15) is 40.1 Å². The van der Waals surface area contributed by atoms with Crippen molar-refractivity contribution in [1.82, 2.24) is 5.32 Å². The third-order valence-electron chi connectivity index (χ3n) is 4.63. The van der Waals surface area contributed by atoms with E-state index in [0.717, 1.165) is 16.7 Å². The minimum absolute atomic E-state index is 0.118. The fourth-order valence-electron chi connectivity index (χ4n) is 3.04. The van der Waals surface area contributed by atoms with Crippen molar-refractivity contribution in [3.63, 3.8) is 0 Å². The number of nitrogens with one attached hydrogen (secondary N) is 2. The molecule has 3 aromatic carbocycles. The Morgan fingerprint density at radius 2 is 1.58 bits per heavy atom. The highest BCUT2D eigenvalue weighted by molar-refractivity contribution is 6.08. The molecule has 0 aliphatic rings. The second-order valence-corrected chi connectivity index (χ2v) is 6.91. The van der Waals surface area contributed by atoms with E-state index in [1.165, 1.54) is 6.92 Å². The molecule has 0 aliphatic heterocycles. The van der Waals surface area contributed by atoms with Crippen LogP contribution in [0.25, 0.3) is 11.1 Å². The predicted molar refractivity (Wildman–Crippen MR) is 120 cm³/mol. The lowest BCUT2D eigenvalue weighted by Gasteiger charge is -2.13. The van der Waals surface area contributed by atoms with Gasteiger partial charge in [-0.15, -0.1) is 0 Å². The van der Waals surface area contributed by atoms with Crippen LogP contribution in [0.15, 0.2) is 72.8 Å². The van der Waals surface area contributed by atoms with E-state index in [4.69, 9.17) is 4.74 Å². The van der Waals surface area contributed by atoms with Crippen LogP contribution < -0.4 is 10.6 Å². The van der Waals surface area contributed by atoms with E-state index in [1.54, 1.807) is 43.3 Å². The van der Waals surface area contributed by atoms with Gasteiger partial charge in [0.15, 0.2) is 0 Å². The van der Waals surface area contributed by atoms with Crippen LogP contribution in [0.2, 0.25) is 0 Å². The number of benzene rings is 3. The first-order chi connectivity index (χ1) is 15.0. The average Bonchev–Trinajstić information content (AvgIpc) is 2.79. The number of hydrogen-bond donors (Lipinski definition) is 2. The molecule has 0 fully saturated rings. The monoisotopic (exact) mass is 416 g/mol.